The van der Waals surface area contributed by atoms with Crippen LogP contribution >= 0.6 is 11.3 Å². The third kappa shape index (κ3) is 4.38. The Morgan fingerprint density at radius 3 is 2.19 bits per heavy atom. The van der Waals surface area contributed by atoms with E-state index in [2.05, 4.69) is 21.7 Å². The highest BCUT2D eigenvalue weighted by molar-refractivity contribution is 7.24. The van der Waals surface area contributed by atoms with E-state index in [1.165, 1.54) is 11.3 Å². The Kier molecular flexibility index (Phi) is 6.11. The molecule has 0 unspecified atom stereocenters. The fraction of sp³-hybridized carbons (Fsp3) is 0.0690. The van der Waals surface area contributed by atoms with Gasteiger partial charge in [0.1, 0.15) is 28.0 Å². The smallest absolute Gasteiger partial charge is 0.260 e. The molecule has 0 bridgehead atoms. The summed E-state index contributed by atoms with van der Waals surface area (Å²) in [5, 5.41) is 16.9. The van der Waals surface area contributed by atoms with Gasteiger partial charge in [-0.2, -0.15) is 5.26 Å². The molecule has 2 aromatic heterocycles. The van der Waals surface area contributed by atoms with Crippen molar-refractivity contribution >= 4 is 49.7 Å². The van der Waals surface area contributed by atoms with Crippen LogP contribution in [0.1, 0.15) is 27.0 Å². The third-order valence-electron chi connectivity index (χ3n) is 5.87. The van der Waals surface area contributed by atoms with Crippen molar-refractivity contribution in [2.75, 3.05) is 16.4 Å². The fourth-order valence-electron chi connectivity index (χ4n) is 4.01. The van der Waals surface area contributed by atoms with Gasteiger partial charge in [0.2, 0.25) is 0 Å². The Morgan fingerprint density at radius 1 is 0.917 bits per heavy atom. The number of para-hydroxylation sites is 1. The molecule has 1 amide bonds. The normalized spacial score (nSPS) is 10.7. The van der Waals surface area contributed by atoms with Gasteiger partial charge in [0.15, 0.2) is 0 Å². The number of nitrogen functional groups attached to an aromatic ring is 1. The van der Waals surface area contributed by atoms with Gasteiger partial charge in [-0.3, -0.25) is 4.79 Å². The molecule has 0 fully saturated rings. The zero-order valence-corrected chi connectivity index (χ0v) is 20.6. The first kappa shape index (κ1) is 23.1. The van der Waals surface area contributed by atoms with Crippen molar-refractivity contribution in [1.29, 1.82) is 5.26 Å². The van der Waals surface area contributed by atoms with E-state index in [1.807, 2.05) is 92.7 Å². The molecule has 3 aromatic carbocycles. The quantitative estimate of drug-likeness (QED) is 0.246. The van der Waals surface area contributed by atoms with Crippen molar-refractivity contribution in [3.05, 3.63) is 101 Å². The summed E-state index contributed by atoms with van der Waals surface area (Å²) in [4.78, 5) is 18.2. The van der Waals surface area contributed by atoms with E-state index in [0.717, 1.165) is 27.1 Å². The second-order valence-electron chi connectivity index (χ2n) is 8.52. The Labute approximate surface area is 213 Å². The lowest BCUT2D eigenvalue weighted by Gasteiger charge is -2.10. The first-order valence-corrected chi connectivity index (χ1v) is 12.2. The van der Waals surface area contributed by atoms with Crippen molar-refractivity contribution in [1.82, 2.24) is 4.98 Å². The molecule has 36 heavy (non-hydrogen) atoms. The summed E-state index contributed by atoms with van der Waals surface area (Å²) in [5.41, 5.74) is 12.7. The van der Waals surface area contributed by atoms with Gasteiger partial charge in [0, 0.05) is 16.9 Å². The van der Waals surface area contributed by atoms with E-state index >= 15 is 0 Å². The number of thiophene rings is 1. The van der Waals surface area contributed by atoms with E-state index in [9.17, 15) is 10.1 Å². The summed E-state index contributed by atoms with van der Waals surface area (Å²) in [6, 6.07) is 27.3. The zero-order valence-electron chi connectivity index (χ0n) is 19.8. The number of benzene rings is 3. The van der Waals surface area contributed by atoms with Crippen molar-refractivity contribution in [2.24, 2.45) is 0 Å². The van der Waals surface area contributed by atoms with Gasteiger partial charge in [0.05, 0.1) is 10.2 Å². The van der Waals surface area contributed by atoms with E-state index in [1.54, 1.807) is 0 Å². The number of aromatic nitrogens is 1. The van der Waals surface area contributed by atoms with Gasteiger partial charge in [-0.1, -0.05) is 65.7 Å². The molecule has 7 heteroatoms. The lowest BCUT2D eigenvalue weighted by atomic mass is 9.99. The van der Waals surface area contributed by atoms with Crippen LogP contribution < -0.4 is 16.4 Å². The molecule has 0 radical (unpaired) electrons. The summed E-state index contributed by atoms with van der Waals surface area (Å²) in [7, 11) is 0. The Bertz CT molecular complexity index is 1620. The van der Waals surface area contributed by atoms with Crippen LogP contribution in [0.2, 0.25) is 0 Å². The monoisotopic (exact) mass is 489 g/mol. The predicted molar refractivity (Wildman–Crippen MR) is 148 cm³/mol. The number of fused-ring (bicyclic) bond motifs is 1. The largest absolute Gasteiger partial charge is 0.383 e. The number of carbonyl (C=O) groups is 1. The van der Waals surface area contributed by atoms with Crippen LogP contribution in [-0.4, -0.2) is 10.9 Å². The van der Waals surface area contributed by atoms with E-state index in [4.69, 9.17) is 5.73 Å². The van der Waals surface area contributed by atoms with E-state index < -0.39 is 0 Å². The molecule has 0 saturated heterocycles. The molecule has 0 atom stereocenters. The van der Waals surface area contributed by atoms with Gasteiger partial charge in [-0.05, 0) is 43.7 Å². The average molecular weight is 490 g/mol. The number of pyridine rings is 1. The number of hydrogen-bond acceptors (Lipinski definition) is 6. The number of carbonyl (C=O) groups excluding carboxylic acids is 1. The Hall–Kier alpha value is -4.67. The number of nitrogens with zero attached hydrogens (tertiary/aromatic N) is 2. The lowest BCUT2D eigenvalue weighted by molar-refractivity contribution is 0.102. The number of nitrogens with two attached hydrogens (primary N) is 1. The topological polar surface area (TPSA) is 104 Å². The SMILES string of the molecule is Cc1ccc(Nc2sc3c(-c4ccc(C)cc4)c(C#N)c(N)nc3c2C(=O)Nc2ccccc2)cc1. The first-order valence-electron chi connectivity index (χ1n) is 11.4. The Balaban J connectivity index is 1.75. The minimum Gasteiger partial charge on any atom is -0.383 e. The highest BCUT2D eigenvalue weighted by Gasteiger charge is 2.26. The number of aryl methyl sites for hydroxylation is 2. The summed E-state index contributed by atoms with van der Waals surface area (Å²) in [6.45, 7) is 4.03. The summed E-state index contributed by atoms with van der Waals surface area (Å²) in [6.07, 6.45) is 0. The molecule has 0 aliphatic heterocycles. The number of anilines is 4. The molecule has 0 aliphatic rings. The molecule has 5 aromatic rings. The summed E-state index contributed by atoms with van der Waals surface area (Å²) in [5.74, 6) is -0.220. The van der Waals surface area contributed by atoms with Gasteiger partial charge in [0.25, 0.3) is 5.91 Å². The van der Waals surface area contributed by atoms with Crippen LogP contribution in [0.4, 0.5) is 22.2 Å². The molecular formula is C29H23N5OS. The van der Waals surface area contributed by atoms with Crippen molar-refractivity contribution < 1.29 is 4.79 Å². The maximum atomic E-state index is 13.6. The predicted octanol–water partition coefficient (Wildman–Crippen LogP) is 7.03. The van der Waals surface area contributed by atoms with Crippen molar-refractivity contribution in [2.45, 2.75) is 13.8 Å². The minimum absolute atomic E-state index is 0.0917. The second kappa shape index (κ2) is 9.53. The first-order chi connectivity index (χ1) is 17.4. The molecule has 0 saturated carbocycles. The van der Waals surface area contributed by atoms with Gasteiger partial charge >= 0.3 is 0 Å². The van der Waals surface area contributed by atoms with Crippen LogP contribution in [0.25, 0.3) is 21.3 Å². The highest BCUT2D eigenvalue weighted by Crippen LogP contribution is 2.44. The molecule has 2 heterocycles. The maximum Gasteiger partial charge on any atom is 0.260 e. The second-order valence-corrected chi connectivity index (χ2v) is 9.54. The van der Waals surface area contributed by atoms with Crippen LogP contribution in [0, 0.1) is 25.2 Å². The molecule has 5 rings (SSSR count). The summed E-state index contributed by atoms with van der Waals surface area (Å²) < 4.78 is 0.720. The van der Waals surface area contributed by atoms with Crippen LogP contribution in [0.5, 0.6) is 0 Å². The van der Waals surface area contributed by atoms with Gasteiger partial charge in [-0.25, -0.2) is 4.98 Å². The number of nitriles is 1. The molecular weight excluding hydrogens is 466 g/mol. The number of nitrogens with one attached hydrogen (secondary N) is 2. The van der Waals surface area contributed by atoms with E-state index in [-0.39, 0.29) is 11.7 Å². The average Bonchev–Trinajstić information content (AvgIpc) is 3.23. The minimum atomic E-state index is -0.312. The van der Waals surface area contributed by atoms with Crippen molar-refractivity contribution in [3.63, 3.8) is 0 Å². The van der Waals surface area contributed by atoms with Crippen LogP contribution in [0.15, 0.2) is 78.9 Å². The molecule has 0 aliphatic carbocycles. The Morgan fingerprint density at radius 2 is 1.56 bits per heavy atom. The lowest BCUT2D eigenvalue weighted by Crippen LogP contribution is -2.13. The highest BCUT2D eigenvalue weighted by atomic mass is 32.1. The van der Waals surface area contributed by atoms with Gasteiger partial charge in [-0.15, -0.1) is 11.3 Å². The molecule has 0 spiro atoms. The zero-order chi connectivity index (χ0) is 25.2. The molecule has 4 N–H and O–H groups in total. The third-order valence-corrected chi connectivity index (χ3v) is 6.98. The van der Waals surface area contributed by atoms with E-state index in [0.29, 0.717) is 32.9 Å². The molecule has 6 nitrogen and oxygen atoms in total. The standard InChI is InChI=1S/C29H23N5OS/c1-17-8-12-19(13-9-17)23-22(16-30)27(31)34-25-24(28(35)32-20-6-4-3-5-7-20)29(36-26(23)25)33-21-14-10-18(2)11-15-21/h3-15,33H,1-2H3,(H2,31,34)(H,32,35). The number of rotatable bonds is 5. The van der Waals surface area contributed by atoms with Crippen LogP contribution in [0.3, 0.4) is 0 Å². The molecule has 176 valence electrons. The summed E-state index contributed by atoms with van der Waals surface area (Å²) >= 11 is 1.38. The van der Waals surface area contributed by atoms with Crippen LogP contribution in [-0.2, 0) is 0 Å². The maximum absolute atomic E-state index is 13.6. The fourth-order valence-corrected chi connectivity index (χ4v) is 5.24. The van der Waals surface area contributed by atoms with Gasteiger partial charge < -0.3 is 16.4 Å². The van der Waals surface area contributed by atoms with Crippen molar-refractivity contribution in [3.8, 4) is 17.2 Å². The number of amides is 1. The number of hydrogen-bond donors (Lipinski definition) is 3.